The van der Waals surface area contributed by atoms with Crippen LogP contribution in [-0.2, 0) is 13.1 Å². The highest BCUT2D eigenvalue weighted by Crippen LogP contribution is 2.28. The first-order chi connectivity index (χ1) is 8.25. The minimum atomic E-state index is -0.200. The molecule has 0 atom stereocenters. The molecule has 3 rings (SSSR count). The van der Waals surface area contributed by atoms with Gasteiger partial charge in [0.25, 0.3) is 0 Å². The smallest absolute Gasteiger partial charge is 0.123 e. The van der Waals surface area contributed by atoms with Crippen LogP contribution < -0.4 is 5.32 Å². The van der Waals surface area contributed by atoms with Crippen molar-refractivity contribution in [3.05, 3.63) is 41.5 Å². The van der Waals surface area contributed by atoms with Crippen LogP contribution in [0, 0.1) is 12.7 Å². The lowest BCUT2D eigenvalue weighted by atomic mass is 10.0. The molecule has 1 aromatic carbocycles. The van der Waals surface area contributed by atoms with E-state index in [9.17, 15) is 4.39 Å². The van der Waals surface area contributed by atoms with Gasteiger partial charge in [-0.3, -0.25) is 4.68 Å². The summed E-state index contributed by atoms with van der Waals surface area (Å²) in [5.41, 5.74) is 4.20. The van der Waals surface area contributed by atoms with Gasteiger partial charge in [-0.15, -0.1) is 0 Å². The lowest BCUT2D eigenvalue weighted by Gasteiger charge is -2.16. The van der Waals surface area contributed by atoms with Crippen molar-refractivity contribution in [3.63, 3.8) is 0 Å². The monoisotopic (exact) mass is 231 g/mol. The van der Waals surface area contributed by atoms with Crippen molar-refractivity contribution in [2.45, 2.75) is 20.0 Å². The van der Waals surface area contributed by atoms with Crippen molar-refractivity contribution in [1.82, 2.24) is 15.1 Å². The lowest BCUT2D eigenvalue weighted by Crippen LogP contribution is -2.28. The SMILES string of the molecule is Cc1ccc(F)cc1-c1cnn2c1CNCC2. The average molecular weight is 231 g/mol. The van der Waals surface area contributed by atoms with Crippen LogP contribution in [0.5, 0.6) is 0 Å². The minimum absolute atomic E-state index is 0.200. The van der Waals surface area contributed by atoms with Crippen molar-refractivity contribution in [3.8, 4) is 11.1 Å². The van der Waals surface area contributed by atoms with Crippen LogP contribution >= 0.6 is 0 Å². The number of rotatable bonds is 1. The third-order valence-electron chi connectivity index (χ3n) is 3.23. The fourth-order valence-electron chi connectivity index (χ4n) is 2.29. The Morgan fingerprint density at radius 1 is 1.35 bits per heavy atom. The molecule has 0 unspecified atom stereocenters. The first-order valence-corrected chi connectivity index (χ1v) is 5.77. The largest absolute Gasteiger partial charge is 0.309 e. The summed E-state index contributed by atoms with van der Waals surface area (Å²) in [6.07, 6.45) is 1.84. The molecule has 4 heteroatoms. The van der Waals surface area contributed by atoms with Crippen molar-refractivity contribution in [2.24, 2.45) is 0 Å². The Kier molecular flexibility index (Phi) is 2.44. The maximum absolute atomic E-state index is 13.3. The molecule has 0 saturated heterocycles. The minimum Gasteiger partial charge on any atom is -0.309 e. The second kappa shape index (κ2) is 3.96. The highest BCUT2D eigenvalue weighted by molar-refractivity contribution is 5.69. The van der Waals surface area contributed by atoms with Crippen LogP contribution in [0.15, 0.2) is 24.4 Å². The molecule has 1 aliphatic heterocycles. The normalized spacial score (nSPS) is 14.7. The molecule has 2 aromatic rings. The van der Waals surface area contributed by atoms with Crippen LogP contribution in [-0.4, -0.2) is 16.3 Å². The highest BCUT2D eigenvalue weighted by atomic mass is 19.1. The van der Waals surface area contributed by atoms with E-state index in [-0.39, 0.29) is 5.82 Å². The van der Waals surface area contributed by atoms with E-state index in [2.05, 4.69) is 10.4 Å². The topological polar surface area (TPSA) is 29.9 Å². The Balaban J connectivity index is 2.15. The second-order valence-corrected chi connectivity index (χ2v) is 4.36. The molecule has 0 spiro atoms. The number of benzene rings is 1. The van der Waals surface area contributed by atoms with Gasteiger partial charge in [-0.05, 0) is 30.2 Å². The number of nitrogens with one attached hydrogen (secondary N) is 1. The molecule has 0 aliphatic carbocycles. The summed E-state index contributed by atoms with van der Waals surface area (Å²) >= 11 is 0. The first-order valence-electron chi connectivity index (χ1n) is 5.77. The zero-order chi connectivity index (χ0) is 11.8. The van der Waals surface area contributed by atoms with E-state index in [1.54, 1.807) is 6.07 Å². The summed E-state index contributed by atoms with van der Waals surface area (Å²) in [6.45, 7) is 4.61. The van der Waals surface area contributed by atoms with Crippen molar-refractivity contribution < 1.29 is 4.39 Å². The maximum Gasteiger partial charge on any atom is 0.123 e. The van der Waals surface area contributed by atoms with Gasteiger partial charge in [-0.2, -0.15) is 5.10 Å². The van der Waals surface area contributed by atoms with E-state index in [1.807, 2.05) is 23.9 Å². The molecular weight excluding hydrogens is 217 g/mol. The Hall–Kier alpha value is -1.68. The van der Waals surface area contributed by atoms with Gasteiger partial charge < -0.3 is 5.32 Å². The Labute approximate surface area is 99.3 Å². The van der Waals surface area contributed by atoms with E-state index in [0.29, 0.717) is 0 Å². The van der Waals surface area contributed by atoms with Gasteiger partial charge in [0, 0.05) is 18.7 Å². The summed E-state index contributed by atoms with van der Waals surface area (Å²) in [5.74, 6) is -0.200. The molecule has 0 bridgehead atoms. The summed E-state index contributed by atoms with van der Waals surface area (Å²) in [6, 6.07) is 4.89. The quantitative estimate of drug-likeness (QED) is 0.814. The zero-order valence-electron chi connectivity index (χ0n) is 9.70. The van der Waals surface area contributed by atoms with Gasteiger partial charge >= 0.3 is 0 Å². The van der Waals surface area contributed by atoms with E-state index < -0.39 is 0 Å². The molecule has 2 heterocycles. The van der Waals surface area contributed by atoms with Crippen molar-refractivity contribution >= 4 is 0 Å². The summed E-state index contributed by atoms with van der Waals surface area (Å²) in [7, 11) is 0. The maximum atomic E-state index is 13.3. The average Bonchev–Trinajstić information content (AvgIpc) is 2.76. The van der Waals surface area contributed by atoms with Gasteiger partial charge in [0.05, 0.1) is 18.4 Å². The lowest BCUT2D eigenvalue weighted by molar-refractivity contribution is 0.476. The number of halogens is 1. The van der Waals surface area contributed by atoms with Crippen LogP contribution in [0.2, 0.25) is 0 Å². The zero-order valence-corrected chi connectivity index (χ0v) is 9.70. The number of aryl methyl sites for hydroxylation is 1. The number of fused-ring (bicyclic) bond motifs is 1. The molecule has 1 aliphatic rings. The molecule has 1 aromatic heterocycles. The molecule has 0 amide bonds. The van der Waals surface area contributed by atoms with Gasteiger partial charge in [0.15, 0.2) is 0 Å². The van der Waals surface area contributed by atoms with Crippen LogP contribution in [0.4, 0.5) is 4.39 Å². The number of aromatic nitrogens is 2. The fourth-order valence-corrected chi connectivity index (χ4v) is 2.29. The molecule has 0 saturated carbocycles. The number of nitrogens with zero attached hydrogens (tertiary/aromatic N) is 2. The molecular formula is C13H14FN3. The Morgan fingerprint density at radius 3 is 3.12 bits per heavy atom. The first kappa shape index (κ1) is 10.5. The fraction of sp³-hybridized carbons (Fsp3) is 0.308. The van der Waals surface area contributed by atoms with Crippen LogP contribution in [0.1, 0.15) is 11.3 Å². The van der Waals surface area contributed by atoms with Gasteiger partial charge in [0.2, 0.25) is 0 Å². The van der Waals surface area contributed by atoms with Gasteiger partial charge in [-0.25, -0.2) is 4.39 Å². The second-order valence-electron chi connectivity index (χ2n) is 4.36. The Bertz CT molecular complexity index is 560. The van der Waals surface area contributed by atoms with E-state index in [1.165, 1.54) is 6.07 Å². The molecule has 1 N–H and O–H groups in total. The number of hydrogen-bond acceptors (Lipinski definition) is 2. The highest BCUT2D eigenvalue weighted by Gasteiger charge is 2.16. The summed E-state index contributed by atoms with van der Waals surface area (Å²) < 4.78 is 15.3. The Morgan fingerprint density at radius 2 is 2.24 bits per heavy atom. The van der Waals surface area contributed by atoms with E-state index in [4.69, 9.17) is 0 Å². The van der Waals surface area contributed by atoms with E-state index in [0.717, 1.165) is 42.0 Å². The standard InChI is InChI=1S/C13H14FN3/c1-9-2-3-10(14)6-11(9)12-7-16-17-5-4-15-8-13(12)17/h2-3,6-7,15H,4-5,8H2,1H3. The van der Waals surface area contributed by atoms with Crippen LogP contribution in [0.25, 0.3) is 11.1 Å². The van der Waals surface area contributed by atoms with E-state index >= 15 is 0 Å². The molecule has 3 nitrogen and oxygen atoms in total. The van der Waals surface area contributed by atoms with Crippen LogP contribution in [0.3, 0.4) is 0 Å². The predicted octanol–water partition coefficient (Wildman–Crippen LogP) is 2.10. The predicted molar refractivity (Wildman–Crippen MR) is 64.1 cm³/mol. The molecule has 0 fully saturated rings. The summed E-state index contributed by atoms with van der Waals surface area (Å²) in [5, 5.41) is 7.67. The molecule has 17 heavy (non-hydrogen) atoms. The van der Waals surface area contributed by atoms with Crippen molar-refractivity contribution in [2.75, 3.05) is 6.54 Å². The van der Waals surface area contributed by atoms with Gasteiger partial charge in [-0.1, -0.05) is 6.07 Å². The summed E-state index contributed by atoms with van der Waals surface area (Å²) in [4.78, 5) is 0. The molecule has 88 valence electrons. The third kappa shape index (κ3) is 1.74. The van der Waals surface area contributed by atoms with Crippen molar-refractivity contribution in [1.29, 1.82) is 0 Å². The molecule has 0 radical (unpaired) electrons. The number of hydrogen-bond donors (Lipinski definition) is 1. The third-order valence-corrected chi connectivity index (χ3v) is 3.23. The van der Waals surface area contributed by atoms with Gasteiger partial charge in [0.1, 0.15) is 5.82 Å².